The van der Waals surface area contributed by atoms with Crippen LogP contribution in [0.2, 0.25) is 0 Å². The Bertz CT molecular complexity index is 412. The largest absolute Gasteiger partial charge is 0.369 e. The minimum Gasteiger partial charge on any atom is -0.369 e. The third-order valence-electron chi connectivity index (χ3n) is 4.75. The molecule has 4 aliphatic rings. The van der Waals surface area contributed by atoms with Crippen molar-refractivity contribution in [1.82, 2.24) is 4.90 Å². The van der Waals surface area contributed by atoms with Gasteiger partial charge in [-0.3, -0.25) is 14.5 Å². The lowest BCUT2D eigenvalue weighted by atomic mass is 9.80. The van der Waals surface area contributed by atoms with Crippen LogP contribution >= 0.6 is 0 Å². The number of allylic oxidation sites excluding steroid dienone is 1. The number of rotatable bonds is 0. The molecule has 2 saturated heterocycles. The first-order valence-corrected chi connectivity index (χ1v) is 5.80. The molecule has 84 valence electrons. The summed E-state index contributed by atoms with van der Waals surface area (Å²) in [6.07, 6.45) is 1.74. The lowest BCUT2D eigenvalue weighted by Crippen LogP contribution is -2.33. The molecule has 4 nitrogen and oxygen atoms in total. The number of hydrogen-bond donors (Lipinski definition) is 0. The van der Waals surface area contributed by atoms with Gasteiger partial charge in [-0.05, 0) is 12.3 Å². The number of nitrogens with zero attached hydrogens (tertiary/aromatic N) is 1. The van der Waals surface area contributed by atoms with E-state index in [2.05, 4.69) is 6.58 Å². The van der Waals surface area contributed by atoms with Crippen LogP contribution in [0.5, 0.6) is 0 Å². The number of imide groups is 1. The maximum Gasteiger partial charge on any atom is 0.237 e. The smallest absolute Gasteiger partial charge is 0.237 e. The van der Waals surface area contributed by atoms with Gasteiger partial charge < -0.3 is 4.74 Å². The molecule has 2 heterocycles. The fraction of sp³-hybridized carbons (Fsp3) is 0.667. The Morgan fingerprint density at radius 2 is 2.00 bits per heavy atom. The molecule has 0 aromatic carbocycles. The molecule has 0 aromatic rings. The number of epoxide rings is 1. The van der Waals surface area contributed by atoms with Gasteiger partial charge in [-0.25, -0.2) is 0 Å². The van der Waals surface area contributed by atoms with E-state index in [1.54, 1.807) is 0 Å². The summed E-state index contributed by atoms with van der Waals surface area (Å²) in [6.45, 7) is 5.38. The van der Waals surface area contributed by atoms with Gasteiger partial charge in [0.1, 0.15) is 0 Å². The number of carbonyl (C=O) groups is 2. The second-order valence-electron chi connectivity index (χ2n) is 5.36. The standard InChI is InChI=1S/C12H13NO3/c1-4-8-6-3-7(11-10(6)16-11)9(8)12(15)13(4)5(2)14/h6-11H,1,3H2,2H3. The van der Waals surface area contributed by atoms with E-state index in [0.29, 0.717) is 29.7 Å². The van der Waals surface area contributed by atoms with Crippen molar-refractivity contribution in [3.8, 4) is 0 Å². The Labute approximate surface area is 93.2 Å². The topological polar surface area (TPSA) is 49.9 Å². The molecule has 2 aliphatic heterocycles. The van der Waals surface area contributed by atoms with Crippen molar-refractivity contribution >= 4 is 11.8 Å². The molecule has 2 bridgehead atoms. The summed E-state index contributed by atoms with van der Waals surface area (Å²) in [5.41, 5.74) is 0.712. The number of ether oxygens (including phenoxy) is 1. The van der Waals surface area contributed by atoms with Gasteiger partial charge in [-0.15, -0.1) is 0 Å². The van der Waals surface area contributed by atoms with Gasteiger partial charge in [0.05, 0.1) is 18.1 Å². The first kappa shape index (κ1) is 8.93. The molecule has 6 atom stereocenters. The van der Waals surface area contributed by atoms with E-state index in [4.69, 9.17) is 4.74 Å². The Balaban J connectivity index is 1.78. The molecule has 0 spiro atoms. The first-order valence-electron chi connectivity index (χ1n) is 5.80. The lowest BCUT2D eigenvalue weighted by Gasteiger charge is -2.19. The maximum atomic E-state index is 12.2. The average molecular weight is 219 g/mol. The summed E-state index contributed by atoms with van der Waals surface area (Å²) in [5, 5.41) is 0. The molecule has 16 heavy (non-hydrogen) atoms. The van der Waals surface area contributed by atoms with Crippen molar-refractivity contribution < 1.29 is 14.3 Å². The summed E-state index contributed by atoms with van der Waals surface area (Å²) >= 11 is 0. The van der Waals surface area contributed by atoms with Gasteiger partial charge in [0.15, 0.2) is 0 Å². The summed E-state index contributed by atoms with van der Waals surface area (Å²) in [4.78, 5) is 24.9. The van der Waals surface area contributed by atoms with Crippen molar-refractivity contribution in [2.75, 3.05) is 0 Å². The average Bonchev–Trinajstić information content (AvgIpc) is 2.72. The van der Waals surface area contributed by atoms with Crippen LogP contribution in [-0.2, 0) is 14.3 Å². The summed E-state index contributed by atoms with van der Waals surface area (Å²) in [6, 6.07) is 0. The van der Waals surface area contributed by atoms with Crippen molar-refractivity contribution in [1.29, 1.82) is 0 Å². The maximum absolute atomic E-state index is 12.2. The monoisotopic (exact) mass is 219 g/mol. The van der Waals surface area contributed by atoms with Gasteiger partial charge >= 0.3 is 0 Å². The van der Waals surface area contributed by atoms with Crippen molar-refractivity contribution in [3.05, 3.63) is 12.3 Å². The van der Waals surface area contributed by atoms with Crippen LogP contribution in [0.3, 0.4) is 0 Å². The zero-order valence-corrected chi connectivity index (χ0v) is 9.05. The fourth-order valence-corrected chi connectivity index (χ4v) is 4.23. The normalized spacial score (nSPS) is 51.9. The predicted octanol–water partition coefficient (Wildman–Crippen LogP) is 0.538. The third kappa shape index (κ3) is 0.755. The van der Waals surface area contributed by atoms with Crippen LogP contribution in [0.15, 0.2) is 12.3 Å². The predicted molar refractivity (Wildman–Crippen MR) is 53.9 cm³/mol. The Hall–Kier alpha value is -1.16. The van der Waals surface area contributed by atoms with Crippen LogP contribution in [-0.4, -0.2) is 28.9 Å². The molecule has 2 amide bonds. The van der Waals surface area contributed by atoms with Gasteiger partial charge in [-0.1, -0.05) is 6.58 Å². The van der Waals surface area contributed by atoms with E-state index in [0.717, 1.165) is 6.42 Å². The molecule has 0 radical (unpaired) electrons. The highest BCUT2D eigenvalue weighted by atomic mass is 16.6. The number of fused-ring (bicyclic) bond motifs is 8. The number of hydrogen-bond acceptors (Lipinski definition) is 3. The fourth-order valence-electron chi connectivity index (χ4n) is 4.23. The summed E-state index contributed by atoms with van der Waals surface area (Å²) in [5.74, 6) is 0.687. The molecule has 6 unspecified atom stereocenters. The number of carbonyl (C=O) groups excluding carboxylic acids is 2. The lowest BCUT2D eigenvalue weighted by molar-refractivity contribution is -0.141. The zero-order valence-electron chi connectivity index (χ0n) is 9.05. The SMILES string of the molecule is C=C1C2C3CC(C4OC34)C2C(=O)N1C(C)=O. The van der Waals surface area contributed by atoms with Gasteiger partial charge in [-0.2, -0.15) is 0 Å². The quantitative estimate of drug-likeness (QED) is 0.559. The molecule has 4 heteroatoms. The second-order valence-corrected chi connectivity index (χ2v) is 5.36. The molecule has 0 aromatic heterocycles. The molecular weight excluding hydrogens is 206 g/mol. The zero-order chi connectivity index (χ0) is 11.2. The van der Waals surface area contributed by atoms with Crippen LogP contribution in [0, 0.1) is 23.7 Å². The van der Waals surface area contributed by atoms with Gasteiger partial charge in [0.25, 0.3) is 0 Å². The van der Waals surface area contributed by atoms with Crippen LogP contribution in [0.25, 0.3) is 0 Å². The minimum atomic E-state index is -0.196. The van der Waals surface area contributed by atoms with E-state index >= 15 is 0 Å². The molecule has 2 saturated carbocycles. The Kier molecular flexibility index (Phi) is 1.34. The van der Waals surface area contributed by atoms with E-state index in [1.165, 1.54) is 11.8 Å². The van der Waals surface area contributed by atoms with Gasteiger partial charge in [0, 0.05) is 24.5 Å². The summed E-state index contributed by atoms with van der Waals surface area (Å²) in [7, 11) is 0. The highest BCUT2D eigenvalue weighted by Gasteiger charge is 2.72. The molecule has 4 rings (SSSR count). The van der Waals surface area contributed by atoms with E-state index in [1.807, 2.05) is 0 Å². The van der Waals surface area contributed by atoms with Crippen LogP contribution < -0.4 is 0 Å². The van der Waals surface area contributed by atoms with Gasteiger partial charge in [0.2, 0.25) is 11.8 Å². The Morgan fingerprint density at radius 1 is 1.38 bits per heavy atom. The van der Waals surface area contributed by atoms with E-state index < -0.39 is 0 Å². The molecule has 4 fully saturated rings. The molecule has 2 aliphatic carbocycles. The van der Waals surface area contributed by atoms with Crippen LogP contribution in [0.1, 0.15) is 13.3 Å². The highest BCUT2D eigenvalue weighted by Crippen LogP contribution is 2.65. The third-order valence-corrected chi connectivity index (χ3v) is 4.75. The van der Waals surface area contributed by atoms with Crippen molar-refractivity contribution in [3.63, 3.8) is 0 Å². The number of likely N-dealkylation sites (tertiary alicyclic amines) is 1. The summed E-state index contributed by atoms with van der Waals surface area (Å²) < 4.78 is 5.57. The number of amides is 2. The van der Waals surface area contributed by atoms with Crippen molar-refractivity contribution in [2.45, 2.75) is 25.6 Å². The molecule has 0 N–H and O–H groups in total. The van der Waals surface area contributed by atoms with Crippen molar-refractivity contribution in [2.24, 2.45) is 23.7 Å². The van der Waals surface area contributed by atoms with E-state index in [-0.39, 0.29) is 23.7 Å². The second kappa shape index (κ2) is 2.40. The van der Waals surface area contributed by atoms with Crippen LogP contribution in [0.4, 0.5) is 0 Å². The Morgan fingerprint density at radius 3 is 2.62 bits per heavy atom. The minimum absolute atomic E-state index is 0.0230. The first-order chi connectivity index (χ1) is 7.61. The molecular formula is C12H13NO3. The van der Waals surface area contributed by atoms with E-state index in [9.17, 15) is 9.59 Å². The highest BCUT2D eigenvalue weighted by molar-refractivity contribution is 6.00.